The molecule has 1 aliphatic heterocycles. The van der Waals surface area contributed by atoms with Crippen LogP contribution in [0.2, 0.25) is 0 Å². The highest BCUT2D eigenvalue weighted by Gasteiger charge is 2.42. The number of amides is 1. The lowest BCUT2D eigenvalue weighted by molar-refractivity contribution is -0.129. The van der Waals surface area contributed by atoms with Gasteiger partial charge in [0.15, 0.2) is 23.0 Å². The number of hydrogen-bond acceptors (Lipinski definition) is 6. The molecule has 1 amide bonds. The van der Waals surface area contributed by atoms with E-state index in [0.717, 1.165) is 38.0 Å². The summed E-state index contributed by atoms with van der Waals surface area (Å²) < 4.78 is 11.5. The maximum absolute atomic E-state index is 13.4. The van der Waals surface area contributed by atoms with E-state index in [1.807, 2.05) is 36.4 Å². The van der Waals surface area contributed by atoms with Crippen LogP contribution >= 0.6 is 0 Å². The number of methoxy groups -OCH3 is 1. The molecule has 3 rings (SSSR count). The molecule has 0 saturated carbocycles. The summed E-state index contributed by atoms with van der Waals surface area (Å²) in [5, 5.41) is 10.9. The zero-order valence-electron chi connectivity index (χ0n) is 23.0. The van der Waals surface area contributed by atoms with Gasteiger partial charge in [-0.2, -0.15) is 0 Å². The lowest BCUT2D eigenvalue weighted by Gasteiger charge is -2.28. The minimum absolute atomic E-state index is 0.0757. The zero-order chi connectivity index (χ0) is 27.5. The summed E-state index contributed by atoms with van der Waals surface area (Å²) in [6, 6.07) is 14.2. The second-order valence-electron chi connectivity index (χ2n) is 9.26. The third kappa shape index (κ3) is 7.04. The summed E-state index contributed by atoms with van der Waals surface area (Å²) in [5.74, 6) is -0.312. The van der Waals surface area contributed by atoms with Gasteiger partial charge in [-0.1, -0.05) is 69.7 Å². The molecule has 38 heavy (non-hydrogen) atoms. The molecule has 1 atom stereocenters. The summed E-state index contributed by atoms with van der Waals surface area (Å²) in [6.07, 6.45) is 5.76. The number of unbranched alkanes of at least 4 members (excludes halogenated alkanes) is 1. The predicted molar refractivity (Wildman–Crippen MR) is 150 cm³/mol. The summed E-state index contributed by atoms with van der Waals surface area (Å²) in [6.45, 7) is 9.93. The first-order valence-corrected chi connectivity index (χ1v) is 13.5. The molecule has 0 spiro atoms. The molecule has 0 radical (unpaired) electrons. The van der Waals surface area contributed by atoms with Crippen LogP contribution in [-0.2, 0) is 9.59 Å². The topological polar surface area (TPSA) is 79.3 Å². The second-order valence-corrected chi connectivity index (χ2v) is 9.26. The molecule has 0 aromatic heterocycles. The van der Waals surface area contributed by atoms with E-state index in [1.165, 1.54) is 6.08 Å². The summed E-state index contributed by atoms with van der Waals surface area (Å²) >= 11 is 0. The lowest BCUT2D eigenvalue weighted by Crippen LogP contribution is -2.34. The molecule has 0 aliphatic carbocycles. The molecule has 1 N–H and O–H groups in total. The molecule has 0 saturated heterocycles. The minimum atomic E-state index is -0.731. The number of rotatable bonds is 15. The fraction of sp³-hybridized carbons (Fsp3) is 0.419. The molecule has 0 fully saturated rings. The summed E-state index contributed by atoms with van der Waals surface area (Å²) in [7, 11) is 1.56. The number of ether oxygens (including phenoxy) is 2. The van der Waals surface area contributed by atoms with E-state index in [4.69, 9.17) is 9.47 Å². The fourth-order valence-corrected chi connectivity index (χ4v) is 4.61. The van der Waals surface area contributed by atoms with E-state index in [9.17, 15) is 14.7 Å². The Kier molecular flexibility index (Phi) is 11.0. The smallest absolute Gasteiger partial charge is 0.290 e. The highest BCUT2D eigenvalue weighted by molar-refractivity contribution is 6.14. The van der Waals surface area contributed by atoms with Crippen molar-refractivity contribution in [3.8, 4) is 11.5 Å². The van der Waals surface area contributed by atoms with Crippen molar-refractivity contribution in [2.24, 2.45) is 0 Å². The molecule has 1 aliphatic rings. The van der Waals surface area contributed by atoms with Gasteiger partial charge in [0.05, 0.1) is 25.3 Å². The molecule has 204 valence electrons. The quantitative estimate of drug-likeness (QED) is 0.244. The molecular formula is C31H40N2O5. The number of nitrogens with zero attached hydrogens (tertiary/aromatic N) is 2. The van der Waals surface area contributed by atoms with Gasteiger partial charge in [0, 0.05) is 6.54 Å². The molecule has 1 unspecified atom stereocenters. The van der Waals surface area contributed by atoms with Gasteiger partial charge in [0.25, 0.3) is 5.91 Å². The first-order valence-electron chi connectivity index (χ1n) is 13.5. The molecular weight excluding hydrogens is 480 g/mol. The van der Waals surface area contributed by atoms with Crippen molar-refractivity contribution in [1.82, 2.24) is 9.80 Å². The molecule has 0 bridgehead atoms. The fourth-order valence-electron chi connectivity index (χ4n) is 4.61. The van der Waals surface area contributed by atoms with Crippen LogP contribution in [-0.4, -0.2) is 66.5 Å². The predicted octanol–water partition coefficient (Wildman–Crippen LogP) is 5.58. The number of allylic oxidation sites excluding steroid dienone is 1. The lowest BCUT2D eigenvalue weighted by atomic mass is 9.95. The number of hydrogen-bond donors (Lipinski definition) is 1. The van der Waals surface area contributed by atoms with Crippen LogP contribution in [0.4, 0.5) is 0 Å². The van der Waals surface area contributed by atoms with Gasteiger partial charge >= 0.3 is 0 Å². The number of aliphatic hydroxyl groups excluding tert-OH is 1. The Hall–Kier alpha value is -3.58. The summed E-state index contributed by atoms with van der Waals surface area (Å²) in [5.41, 5.74) is 1.61. The van der Waals surface area contributed by atoms with Crippen LogP contribution < -0.4 is 9.47 Å². The maximum Gasteiger partial charge on any atom is 0.290 e. The van der Waals surface area contributed by atoms with E-state index in [2.05, 4.69) is 25.7 Å². The van der Waals surface area contributed by atoms with Crippen molar-refractivity contribution in [1.29, 1.82) is 0 Å². The third-order valence-corrected chi connectivity index (χ3v) is 6.82. The van der Waals surface area contributed by atoms with E-state index in [1.54, 1.807) is 30.2 Å². The zero-order valence-corrected chi connectivity index (χ0v) is 23.0. The van der Waals surface area contributed by atoms with Crippen molar-refractivity contribution in [3.05, 3.63) is 77.1 Å². The van der Waals surface area contributed by atoms with Gasteiger partial charge < -0.3 is 24.4 Å². The van der Waals surface area contributed by atoms with Crippen LogP contribution in [0.25, 0.3) is 6.08 Å². The minimum Gasteiger partial charge on any atom is -0.503 e. The van der Waals surface area contributed by atoms with Gasteiger partial charge in [-0.15, -0.1) is 0 Å². The van der Waals surface area contributed by atoms with Crippen molar-refractivity contribution in [2.75, 3.05) is 39.9 Å². The highest BCUT2D eigenvalue weighted by atomic mass is 16.5. The van der Waals surface area contributed by atoms with Crippen molar-refractivity contribution in [3.63, 3.8) is 0 Å². The van der Waals surface area contributed by atoms with E-state index >= 15 is 0 Å². The Labute approximate surface area is 226 Å². The Balaban J connectivity index is 1.95. The van der Waals surface area contributed by atoms with Gasteiger partial charge in [-0.05, 0) is 61.8 Å². The average Bonchev–Trinajstić information content (AvgIpc) is 3.20. The first-order chi connectivity index (χ1) is 18.4. The normalized spacial score (nSPS) is 15.7. The van der Waals surface area contributed by atoms with Gasteiger partial charge in [-0.3, -0.25) is 9.59 Å². The van der Waals surface area contributed by atoms with Crippen LogP contribution in [0.5, 0.6) is 11.5 Å². The van der Waals surface area contributed by atoms with Gasteiger partial charge in [0.1, 0.15) is 0 Å². The van der Waals surface area contributed by atoms with Crippen molar-refractivity contribution >= 4 is 17.8 Å². The Morgan fingerprint density at radius 1 is 1.05 bits per heavy atom. The standard InChI is InChI=1S/C31H40N2O5/c1-5-8-21-38-26-18-16-24(22-27(26)37-4)29-28(25(34)17-15-23-13-10-9-11-14-23)30(35)31(36)33(29)20-12-19-32(6-2)7-3/h9-11,13-18,22,29,35H,5-8,12,19-21H2,1-4H3/b17-15+. The second kappa shape index (κ2) is 14.4. The molecule has 7 heteroatoms. The number of carbonyl (C=O) groups excluding carboxylic acids is 2. The van der Waals surface area contributed by atoms with Crippen molar-refractivity contribution in [2.45, 2.75) is 46.1 Å². The Morgan fingerprint density at radius 2 is 1.79 bits per heavy atom. The number of carbonyl (C=O) groups is 2. The van der Waals surface area contributed by atoms with E-state index < -0.39 is 23.5 Å². The summed E-state index contributed by atoms with van der Waals surface area (Å²) in [4.78, 5) is 30.6. The van der Waals surface area contributed by atoms with E-state index in [-0.39, 0.29) is 5.57 Å². The number of benzene rings is 2. The largest absolute Gasteiger partial charge is 0.503 e. The number of ketones is 1. The highest BCUT2D eigenvalue weighted by Crippen LogP contribution is 2.41. The van der Waals surface area contributed by atoms with Gasteiger partial charge in [0.2, 0.25) is 0 Å². The van der Waals surface area contributed by atoms with Crippen LogP contribution in [0.1, 0.15) is 57.2 Å². The SMILES string of the molecule is CCCCOc1ccc(C2C(C(=O)/C=C/c3ccccc3)=C(O)C(=O)N2CCCN(CC)CC)cc1OC. The van der Waals surface area contributed by atoms with Crippen molar-refractivity contribution < 1.29 is 24.2 Å². The third-order valence-electron chi connectivity index (χ3n) is 6.82. The van der Waals surface area contributed by atoms with Crippen LogP contribution in [0.3, 0.4) is 0 Å². The molecule has 2 aromatic carbocycles. The molecule has 2 aromatic rings. The first kappa shape index (κ1) is 29.0. The molecule has 1 heterocycles. The Bertz CT molecular complexity index is 1140. The average molecular weight is 521 g/mol. The van der Waals surface area contributed by atoms with Crippen LogP contribution in [0, 0.1) is 0 Å². The Morgan fingerprint density at radius 3 is 2.45 bits per heavy atom. The monoisotopic (exact) mass is 520 g/mol. The number of aliphatic hydroxyl groups is 1. The van der Waals surface area contributed by atoms with E-state index in [0.29, 0.717) is 36.6 Å². The van der Waals surface area contributed by atoms with Crippen LogP contribution in [0.15, 0.2) is 65.9 Å². The van der Waals surface area contributed by atoms with Gasteiger partial charge in [-0.25, -0.2) is 0 Å². The molecule has 7 nitrogen and oxygen atoms in total. The maximum atomic E-state index is 13.4.